The second-order valence-corrected chi connectivity index (χ2v) is 6.79. The van der Waals surface area contributed by atoms with E-state index in [-0.39, 0.29) is 17.8 Å². The SMILES string of the molecule is CC(C)NC(=O)CN1CCN(Cc2nc(-c3ccc(F)cc3)no2)CC1. The first-order chi connectivity index (χ1) is 12.5. The van der Waals surface area contributed by atoms with Crippen LogP contribution in [0.15, 0.2) is 28.8 Å². The van der Waals surface area contributed by atoms with Crippen LogP contribution in [0.25, 0.3) is 11.4 Å². The van der Waals surface area contributed by atoms with Gasteiger partial charge in [-0.15, -0.1) is 0 Å². The van der Waals surface area contributed by atoms with E-state index in [1.165, 1.54) is 12.1 Å². The number of amides is 1. The first-order valence-corrected chi connectivity index (χ1v) is 8.82. The molecule has 0 bridgehead atoms. The van der Waals surface area contributed by atoms with Gasteiger partial charge in [-0.05, 0) is 38.1 Å². The van der Waals surface area contributed by atoms with Gasteiger partial charge in [0.15, 0.2) is 0 Å². The van der Waals surface area contributed by atoms with Crippen molar-refractivity contribution in [2.75, 3.05) is 32.7 Å². The molecule has 0 aliphatic carbocycles. The van der Waals surface area contributed by atoms with Crippen molar-refractivity contribution in [3.8, 4) is 11.4 Å². The van der Waals surface area contributed by atoms with Gasteiger partial charge in [-0.25, -0.2) is 4.39 Å². The molecule has 0 atom stereocenters. The molecule has 2 aromatic rings. The maximum absolute atomic E-state index is 13.0. The zero-order valence-corrected chi connectivity index (χ0v) is 15.1. The molecule has 1 amide bonds. The largest absolute Gasteiger partial charge is 0.353 e. The van der Waals surface area contributed by atoms with Crippen LogP contribution in [0, 0.1) is 5.82 Å². The minimum atomic E-state index is -0.294. The van der Waals surface area contributed by atoms with Crippen LogP contribution in [-0.4, -0.2) is 64.6 Å². The highest BCUT2D eigenvalue weighted by Crippen LogP contribution is 2.17. The van der Waals surface area contributed by atoms with Gasteiger partial charge in [0.05, 0.1) is 13.1 Å². The number of hydrogen-bond acceptors (Lipinski definition) is 6. The summed E-state index contributed by atoms with van der Waals surface area (Å²) in [5, 5.41) is 6.88. The van der Waals surface area contributed by atoms with Crippen molar-refractivity contribution < 1.29 is 13.7 Å². The Labute approximate surface area is 152 Å². The molecule has 7 nitrogen and oxygen atoms in total. The summed E-state index contributed by atoms with van der Waals surface area (Å²) in [6, 6.07) is 6.17. The highest BCUT2D eigenvalue weighted by Gasteiger charge is 2.21. The molecule has 2 heterocycles. The van der Waals surface area contributed by atoms with E-state index < -0.39 is 0 Å². The third-order valence-electron chi connectivity index (χ3n) is 4.21. The summed E-state index contributed by atoms with van der Waals surface area (Å²) < 4.78 is 18.3. The van der Waals surface area contributed by atoms with Gasteiger partial charge in [0.25, 0.3) is 0 Å². The molecular weight excluding hydrogens is 337 g/mol. The van der Waals surface area contributed by atoms with E-state index >= 15 is 0 Å². The highest BCUT2D eigenvalue weighted by molar-refractivity contribution is 5.78. The van der Waals surface area contributed by atoms with Crippen molar-refractivity contribution in [2.24, 2.45) is 0 Å². The summed E-state index contributed by atoms with van der Waals surface area (Å²) >= 11 is 0. The minimum Gasteiger partial charge on any atom is -0.353 e. The molecular formula is C18H24FN5O2. The molecule has 0 radical (unpaired) electrons. The van der Waals surface area contributed by atoms with Crippen molar-refractivity contribution in [2.45, 2.75) is 26.4 Å². The third-order valence-corrected chi connectivity index (χ3v) is 4.21. The second-order valence-electron chi connectivity index (χ2n) is 6.79. The average molecular weight is 361 g/mol. The van der Waals surface area contributed by atoms with Gasteiger partial charge in [0.2, 0.25) is 17.6 Å². The molecule has 1 aromatic heterocycles. The number of benzene rings is 1. The maximum atomic E-state index is 13.0. The monoisotopic (exact) mass is 361 g/mol. The molecule has 0 spiro atoms. The van der Waals surface area contributed by atoms with Crippen LogP contribution in [0.4, 0.5) is 4.39 Å². The van der Waals surface area contributed by atoms with E-state index in [9.17, 15) is 9.18 Å². The Bertz CT molecular complexity index is 723. The number of halogens is 1. The summed E-state index contributed by atoms with van der Waals surface area (Å²) in [4.78, 5) is 20.6. The first-order valence-electron chi connectivity index (χ1n) is 8.82. The van der Waals surface area contributed by atoms with Gasteiger partial charge in [-0.3, -0.25) is 14.6 Å². The Morgan fingerprint density at radius 2 is 1.85 bits per heavy atom. The number of nitrogens with zero attached hydrogens (tertiary/aromatic N) is 4. The fourth-order valence-electron chi connectivity index (χ4n) is 2.90. The van der Waals surface area contributed by atoms with Crippen LogP contribution >= 0.6 is 0 Å². The summed E-state index contributed by atoms with van der Waals surface area (Å²) in [6.07, 6.45) is 0. The van der Waals surface area contributed by atoms with Crippen molar-refractivity contribution in [1.29, 1.82) is 0 Å². The Kier molecular flexibility index (Phi) is 5.95. The predicted octanol–water partition coefficient (Wildman–Crippen LogP) is 1.52. The lowest BCUT2D eigenvalue weighted by Crippen LogP contribution is -2.49. The smallest absolute Gasteiger partial charge is 0.241 e. The number of carbonyl (C=O) groups excluding carboxylic acids is 1. The van der Waals surface area contributed by atoms with Crippen LogP contribution in [0.3, 0.4) is 0 Å². The van der Waals surface area contributed by atoms with E-state index in [1.807, 2.05) is 13.8 Å². The summed E-state index contributed by atoms with van der Waals surface area (Å²) in [7, 11) is 0. The van der Waals surface area contributed by atoms with Gasteiger partial charge >= 0.3 is 0 Å². The number of piperazine rings is 1. The highest BCUT2D eigenvalue weighted by atomic mass is 19.1. The van der Waals surface area contributed by atoms with Crippen LogP contribution in [0.1, 0.15) is 19.7 Å². The molecule has 26 heavy (non-hydrogen) atoms. The lowest BCUT2D eigenvalue weighted by atomic mass is 10.2. The lowest BCUT2D eigenvalue weighted by Gasteiger charge is -2.33. The number of carbonyl (C=O) groups is 1. The normalized spacial score (nSPS) is 16.2. The third kappa shape index (κ3) is 5.09. The van der Waals surface area contributed by atoms with Crippen molar-refractivity contribution in [3.05, 3.63) is 36.0 Å². The number of aromatic nitrogens is 2. The standard InChI is InChI=1S/C18H24FN5O2/c1-13(2)20-16(25)11-23-7-9-24(10-8-23)12-17-21-18(22-26-17)14-3-5-15(19)6-4-14/h3-6,13H,7-12H2,1-2H3,(H,20,25). The number of nitrogens with one attached hydrogen (secondary N) is 1. The summed E-state index contributed by atoms with van der Waals surface area (Å²) in [6.45, 7) is 8.24. The van der Waals surface area contributed by atoms with Crippen LogP contribution in [0.2, 0.25) is 0 Å². The Hall–Kier alpha value is -2.32. The van der Waals surface area contributed by atoms with Gasteiger partial charge in [-0.1, -0.05) is 5.16 Å². The maximum Gasteiger partial charge on any atom is 0.241 e. The van der Waals surface area contributed by atoms with Crippen LogP contribution < -0.4 is 5.32 Å². The molecule has 8 heteroatoms. The molecule has 140 valence electrons. The molecule has 1 N–H and O–H groups in total. The quantitative estimate of drug-likeness (QED) is 0.841. The number of hydrogen-bond donors (Lipinski definition) is 1. The van der Waals surface area contributed by atoms with E-state index in [4.69, 9.17) is 4.52 Å². The molecule has 1 saturated heterocycles. The van der Waals surface area contributed by atoms with Crippen LogP contribution in [0.5, 0.6) is 0 Å². The van der Waals surface area contributed by atoms with E-state index in [2.05, 4.69) is 25.3 Å². The van der Waals surface area contributed by atoms with E-state index in [0.717, 1.165) is 31.7 Å². The number of rotatable bonds is 6. The Morgan fingerprint density at radius 1 is 1.19 bits per heavy atom. The average Bonchev–Trinajstić information content (AvgIpc) is 3.05. The van der Waals surface area contributed by atoms with Gasteiger partial charge < -0.3 is 9.84 Å². The van der Waals surface area contributed by atoms with Gasteiger partial charge in [-0.2, -0.15) is 4.98 Å². The van der Waals surface area contributed by atoms with Gasteiger partial charge in [0, 0.05) is 37.8 Å². The van der Waals surface area contributed by atoms with Gasteiger partial charge in [0.1, 0.15) is 5.82 Å². The molecule has 1 aliphatic rings. The van der Waals surface area contributed by atoms with E-state index in [1.54, 1.807) is 12.1 Å². The molecule has 1 aromatic carbocycles. The first kappa shape index (κ1) is 18.5. The fourth-order valence-corrected chi connectivity index (χ4v) is 2.90. The summed E-state index contributed by atoms with van der Waals surface area (Å²) in [5.74, 6) is 0.769. The lowest BCUT2D eigenvalue weighted by molar-refractivity contribution is -0.123. The topological polar surface area (TPSA) is 74.5 Å². The minimum absolute atomic E-state index is 0.0642. The Balaban J connectivity index is 1.48. The predicted molar refractivity (Wildman–Crippen MR) is 94.7 cm³/mol. The van der Waals surface area contributed by atoms with E-state index in [0.29, 0.717) is 24.8 Å². The molecule has 1 aliphatic heterocycles. The molecule has 3 rings (SSSR count). The van der Waals surface area contributed by atoms with Crippen molar-refractivity contribution >= 4 is 5.91 Å². The molecule has 0 unspecified atom stereocenters. The fraction of sp³-hybridized carbons (Fsp3) is 0.500. The molecule has 1 fully saturated rings. The summed E-state index contributed by atoms with van der Waals surface area (Å²) in [5.41, 5.74) is 0.724. The molecule has 0 saturated carbocycles. The van der Waals surface area contributed by atoms with Crippen molar-refractivity contribution in [3.63, 3.8) is 0 Å². The Morgan fingerprint density at radius 3 is 2.50 bits per heavy atom. The zero-order chi connectivity index (χ0) is 18.5. The zero-order valence-electron chi connectivity index (χ0n) is 15.1. The second kappa shape index (κ2) is 8.37. The van der Waals surface area contributed by atoms with Crippen LogP contribution in [-0.2, 0) is 11.3 Å². The van der Waals surface area contributed by atoms with Crippen molar-refractivity contribution in [1.82, 2.24) is 25.3 Å².